The zero-order valence-electron chi connectivity index (χ0n) is 16.9. The second kappa shape index (κ2) is 8.23. The molecule has 1 aromatic carbocycles. The van der Waals surface area contributed by atoms with Gasteiger partial charge < -0.3 is 21.4 Å². The van der Waals surface area contributed by atoms with Gasteiger partial charge in [-0.05, 0) is 55.7 Å². The number of H-pyrrole nitrogens is 1. The van der Waals surface area contributed by atoms with Crippen molar-refractivity contribution in [1.82, 2.24) is 25.3 Å². The lowest BCUT2D eigenvalue weighted by Crippen LogP contribution is -2.42. The van der Waals surface area contributed by atoms with Crippen LogP contribution in [0.5, 0.6) is 0 Å². The summed E-state index contributed by atoms with van der Waals surface area (Å²) in [5, 5.41) is 6.63. The van der Waals surface area contributed by atoms with E-state index in [1.165, 1.54) is 6.26 Å². The van der Waals surface area contributed by atoms with Crippen molar-refractivity contribution < 1.29 is 8.42 Å². The molecule has 1 saturated carbocycles. The zero-order valence-corrected chi connectivity index (χ0v) is 18.6. The van der Waals surface area contributed by atoms with Crippen LogP contribution < -0.4 is 16.4 Å². The van der Waals surface area contributed by atoms with Gasteiger partial charge in [0.2, 0.25) is 0 Å². The van der Waals surface area contributed by atoms with Gasteiger partial charge in [-0.2, -0.15) is 0 Å². The Hall–Kier alpha value is -3.05. The summed E-state index contributed by atoms with van der Waals surface area (Å²) in [5.41, 5.74) is 7.98. The number of anilines is 2. The zero-order chi connectivity index (χ0) is 22.1. The second-order valence-electron chi connectivity index (χ2n) is 7.54. The standard InChI is InChI=1S/C20H23N7O2S2/c1-31(28,29)20(7-2-8-20)15-11-16(21)27-18(26-15)13-3-5-14(6-4-13)25-19(30)24-12-17-22-9-10-23-17/h3-6,9-11H,2,7-8,12H2,1H3,(H,22,23)(H2,21,26,27)(H2,24,25,30). The van der Waals surface area contributed by atoms with Crippen molar-refractivity contribution >= 4 is 38.7 Å². The molecule has 0 radical (unpaired) electrons. The van der Waals surface area contributed by atoms with Gasteiger partial charge in [0.25, 0.3) is 0 Å². The molecular weight excluding hydrogens is 434 g/mol. The predicted molar refractivity (Wildman–Crippen MR) is 124 cm³/mol. The van der Waals surface area contributed by atoms with E-state index in [4.69, 9.17) is 18.0 Å². The maximum atomic E-state index is 12.4. The van der Waals surface area contributed by atoms with E-state index in [2.05, 4.69) is 30.6 Å². The first-order chi connectivity index (χ1) is 14.8. The van der Waals surface area contributed by atoms with Crippen molar-refractivity contribution in [3.8, 4) is 11.4 Å². The largest absolute Gasteiger partial charge is 0.384 e. The lowest BCUT2D eigenvalue weighted by molar-refractivity contribution is 0.339. The maximum Gasteiger partial charge on any atom is 0.171 e. The number of hydrogen-bond acceptors (Lipinski definition) is 7. The van der Waals surface area contributed by atoms with Gasteiger partial charge in [0.05, 0.1) is 12.2 Å². The Morgan fingerprint density at radius 1 is 1.26 bits per heavy atom. The quantitative estimate of drug-likeness (QED) is 0.411. The van der Waals surface area contributed by atoms with Crippen LogP contribution in [0.3, 0.4) is 0 Å². The van der Waals surface area contributed by atoms with E-state index in [1.807, 2.05) is 24.3 Å². The molecule has 0 atom stereocenters. The lowest BCUT2D eigenvalue weighted by Gasteiger charge is -2.39. The Labute approximate surface area is 185 Å². The molecule has 162 valence electrons. The van der Waals surface area contributed by atoms with E-state index in [1.54, 1.807) is 18.5 Å². The molecule has 4 rings (SSSR count). The van der Waals surface area contributed by atoms with Gasteiger partial charge in [-0.15, -0.1) is 0 Å². The molecule has 5 N–H and O–H groups in total. The first kappa shape index (κ1) is 21.2. The number of imidazole rings is 1. The van der Waals surface area contributed by atoms with Crippen molar-refractivity contribution in [3.05, 3.63) is 54.2 Å². The third-order valence-corrected chi connectivity index (χ3v) is 7.74. The fourth-order valence-electron chi connectivity index (χ4n) is 3.58. The number of benzene rings is 1. The average molecular weight is 458 g/mol. The van der Waals surface area contributed by atoms with Crippen LogP contribution in [0, 0.1) is 0 Å². The molecule has 0 amide bonds. The average Bonchev–Trinajstić information content (AvgIpc) is 3.18. The monoisotopic (exact) mass is 457 g/mol. The lowest BCUT2D eigenvalue weighted by atomic mass is 9.81. The van der Waals surface area contributed by atoms with Crippen LogP contribution in [0.2, 0.25) is 0 Å². The van der Waals surface area contributed by atoms with Crippen LogP contribution >= 0.6 is 12.2 Å². The molecule has 2 heterocycles. The number of nitrogens with two attached hydrogens (primary N) is 1. The van der Waals surface area contributed by atoms with Crippen LogP contribution in [0.4, 0.5) is 11.5 Å². The SMILES string of the molecule is CS(=O)(=O)C1(c2cc(N)nc(-c3ccc(NC(=S)NCc4ncc[nH]4)cc3)n2)CCC1. The Morgan fingerprint density at radius 3 is 2.58 bits per heavy atom. The van der Waals surface area contributed by atoms with E-state index in [9.17, 15) is 8.42 Å². The number of aromatic nitrogens is 4. The third kappa shape index (κ3) is 4.37. The smallest absolute Gasteiger partial charge is 0.171 e. The molecular formula is C20H23N7O2S2. The third-order valence-electron chi connectivity index (χ3n) is 5.46. The number of thiocarbonyl (C=S) groups is 1. The molecule has 31 heavy (non-hydrogen) atoms. The van der Waals surface area contributed by atoms with Crippen LogP contribution in [0.25, 0.3) is 11.4 Å². The van der Waals surface area contributed by atoms with Gasteiger partial charge in [-0.25, -0.2) is 23.4 Å². The molecule has 0 unspecified atom stereocenters. The van der Waals surface area contributed by atoms with Gasteiger partial charge in [0.15, 0.2) is 20.8 Å². The summed E-state index contributed by atoms with van der Waals surface area (Å²) in [4.78, 5) is 16.0. The Bertz CT molecular complexity index is 1190. The molecule has 1 aliphatic rings. The number of sulfone groups is 1. The Morgan fingerprint density at radius 2 is 2.00 bits per heavy atom. The highest BCUT2D eigenvalue weighted by atomic mass is 32.2. The van der Waals surface area contributed by atoms with Gasteiger partial charge in [-0.1, -0.05) is 0 Å². The van der Waals surface area contributed by atoms with Crippen molar-refractivity contribution in [2.75, 3.05) is 17.3 Å². The summed E-state index contributed by atoms with van der Waals surface area (Å²) in [5.74, 6) is 1.43. The van der Waals surface area contributed by atoms with Gasteiger partial charge >= 0.3 is 0 Å². The summed E-state index contributed by atoms with van der Waals surface area (Å²) < 4.78 is 23.9. The molecule has 11 heteroatoms. The number of nitrogens with zero attached hydrogens (tertiary/aromatic N) is 3. The summed E-state index contributed by atoms with van der Waals surface area (Å²) in [6.45, 7) is 0.485. The van der Waals surface area contributed by atoms with Crippen molar-refractivity contribution in [1.29, 1.82) is 0 Å². The topological polar surface area (TPSA) is 139 Å². The summed E-state index contributed by atoms with van der Waals surface area (Å²) in [6.07, 6.45) is 6.63. The molecule has 1 aliphatic carbocycles. The molecule has 3 aromatic rings. The van der Waals surface area contributed by atoms with Crippen LogP contribution in [0.15, 0.2) is 42.7 Å². The minimum atomic E-state index is -3.32. The highest BCUT2D eigenvalue weighted by Gasteiger charge is 2.49. The second-order valence-corrected chi connectivity index (χ2v) is 10.3. The summed E-state index contributed by atoms with van der Waals surface area (Å²) in [6, 6.07) is 8.94. The Balaban J connectivity index is 1.50. The van der Waals surface area contributed by atoms with Crippen LogP contribution in [0.1, 0.15) is 30.8 Å². The van der Waals surface area contributed by atoms with Gasteiger partial charge in [-0.3, -0.25) is 0 Å². The first-order valence-corrected chi connectivity index (χ1v) is 12.0. The van der Waals surface area contributed by atoms with E-state index < -0.39 is 14.6 Å². The number of nitrogen functional groups attached to an aromatic ring is 1. The van der Waals surface area contributed by atoms with Gasteiger partial charge in [0.1, 0.15) is 16.4 Å². The highest BCUT2D eigenvalue weighted by Crippen LogP contribution is 2.47. The fourth-order valence-corrected chi connectivity index (χ4v) is 5.28. The molecule has 2 aromatic heterocycles. The van der Waals surface area contributed by atoms with Gasteiger partial charge in [0, 0.05) is 36.0 Å². The molecule has 0 aliphatic heterocycles. The highest BCUT2D eigenvalue weighted by molar-refractivity contribution is 7.91. The number of nitrogens with one attached hydrogen (secondary N) is 3. The van der Waals surface area contributed by atoms with E-state index in [-0.39, 0.29) is 5.82 Å². The number of rotatable bonds is 6. The molecule has 0 spiro atoms. The molecule has 0 saturated heterocycles. The predicted octanol–water partition coefficient (Wildman–Crippen LogP) is 2.36. The first-order valence-electron chi connectivity index (χ1n) is 9.75. The molecule has 9 nitrogen and oxygen atoms in total. The molecule has 1 fully saturated rings. The normalized spacial score (nSPS) is 15.1. The summed E-state index contributed by atoms with van der Waals surface area (Å²) >= 11 is 5.30. The fraction of sp³-hybridized carbons (Fsp3) is 0.300. The Kier molecular flexibility index (Phi) is 5.63. The molecule has 0 bridgehead atoms. The maximum absolute atomic E-state index is 12.4. The summed E-state index contributed by atoms with van der Waals surface area (Å²) in [7, 11) is -3.32. The number of hydrogen-bond donors (Lipinski definition) is 4. The minimum Gasteiger partial charge on any atom is -0.384 e. The minimum absolute atomic E-state index is 0.250. The van der Waals surface area contributed by atoms with Crippen molar-refractivity contribution in [2.24, 2.45) is 0 Å². The number of aromatic amines is 1. The van der Waals surface area contributed by atoms with E-state index in [0.29, 0.717) is 36.0 Å². The van der Waals surface area contributed by atoms with Crippen LogP contribution in [-0.4, -0.2) is 39.7 Å². The van der Waals surface area contributed by atoms with Crippen molar-refractivity contribution in [2.45, 2.75) is 30.6 Å². The van der Waals surface area contributed by atoms with E-state index in [0.717, 1.165) is 23.5 Å². The van der Waals surface area contributed by atoms with Crippen molar-refractivity contribution in [3.63, 3.8) is 0 Å². The van der Waals surface area contributed by atoms with Crippen LogP contribution in [-0.2, 0) is 21.1 Å². The van der Waals surface area contributed by atoms with E-state index >= 15 is 0 Å².